The molecule has 1 N–H and O–H groups in total. The molecule has 0 aromatic heterocycles. The van der Waals surface area contributed by atoms with Crippen LogP contribution in [0.1, 0.15) is 59.9 Å². The highest BCUT2D eigenvalue weighted by molar-refractivity contribution is 6.23. The summed E-state index contributed by atoms with van der Waals surface area (Å²) in [5.41, 5.74) is -2.21. The van der Waals surface area contributed by atoms with Crippen LogP contribution in [-0.2, 0) is 54.2 Å². The molecule has 3 heterocycles. The lowest BCUT2D eigenvalue weighted by atomic mass is 9.51. The highest BCUT2D eigenvalue weighted by atomic mass is 35.5. The van der Waals surface area contributed by atoms with Gasteiger partial charge in [-0.3, -0.25) is 19.2 Å². The molecule has 1 aromatic carbocycles. The number of rotatable bonds is 6. The first kappa shape index (κ1) is 33.4. The van der Waals surface area contributed by atoms with E-state index in [4.69, 9.17) is 40.0 Å². The second kappa shape index (κ2) is 12.0. The molecular weight excluding hydrogens is 608 g/mol. The zero-order chi connectivity index (χ0) is 33.1. The largest absolute Gasteiger partial charge is 0.462 e. The maximum atomic E-state index is 13.3. The molecule has 3 aliphatic heterocycles. The molecule has 1 aliphatic carbocycles. The van der Waals surface area contributed by atoms with Crippen molar-refractivity contribution in [1.82, 2.24) is 0 Å². The summed E-state index contributed by atoms with van der Waals surface area (Å²) in [5.74, 6) is -7.23. The highest BCUT2D eigenvalue weighted by Crippen LogP contribution is 2.63. The number of hydrogen-bond acceptors (Lipinski definition) is 11. The number of carbonyl (C=O) groups excluding carboxylic acids is 4. The Morgan fingerprint density at radius 1 is 1.02 bits per heavy atom. The first-order valence-electron chi connectivity index (χ1n) is 15.2. The van der Waals surface area contributed by atoms with Gasteiger partial charge in [-0.05, 0) is 18.4 Å². The smallest absolute Gasteiger partial charge is 0.312 e. The van der Waals surface area contributed by atoms with Crippen molar-refractivity contribution in [3.8, 4) is 0 Å². The van der Waals surface area contributed by atoms with Crippen molar-refractivity contribution in [2.24, 2.45) is 23.2 Å². The molecule has 246 valence electrons. The number of hydrogen-bond donors (Lipinski definition) is 1. The molecule has 11 nitrogen and oxygen atoms in total. The standard InChI is InChI=1S/C33H41ClO11/c1-16-23(40-15-22-11-9-8-10-12-22)13-24(41-19(4)35)31(7)25(42-20(5)36)14-32(39)17(2)27(34)29-33(45-32,18(3)30(38)44-29)28(26(16)31)43-21(6)37/h8-12,16,18,23-29,39H,2,13-15H2,1,3-7H3/t16-,18-,23+,24-,25-,26+,27-,28-,29-,31+,32-,33+/m0/s1. The molecular formula is C33H41ClO11. The molecule has 12 atom stereocenters. The molecule has 4 fully saturated rings. The van der Waals surface area contributed by atoms with Crippen LogP contribution in [0.25, 0.3) is 0 Å². The van der Waals surface area contributed by atoms with Gasteiger partial charge in [-0.2, -0.15) is 0 Å². The van der Waals surface area contributed by atoms with Gasteiger partial charge in [0.15, 0.2) is 17.5 Å². The van der Waals surface area contributed by atoms with Gasteiger partial charge < -0.3 is 33.5 Å². The maximum absolute atomic E-state index is 13.3. The van der Waals surface area contributed by atoms with E-state index in [1.54, 1.807) is 13.8 Å². The molecule has 0 amide bonds. The zero-order valence-electron chi connectivity index (χ0n) is 26.3. The summed E-state index contributed by atoms with van der Waals surface area (Å²) in [7, 11) is 0. The van der Waals surface area contributed by atoms with Crippen LogP contribution in [0.15, 0.2) is 42.5 Å². The summed E-state index contributed by atoms with van der Waals surface area (Å²) in [6.07, 6.45) is -5.34. The topological polar surface area (TPSA) is 144 Å². The SMILES string of the molecule is C=C1[C@H](Cl)[C@@H]2OC(=O)[C@H](C)[C@]23O[C@@]1(O)C[C@H](OC(C)=O)[C@]1(C)[C@H]([C@@H](C)[C@H](OCc2ccccc2)C[C@@H]1OC(C)=O)[C@@H]3OC(C)=O. The molecule has 0 unspecified atom stereocenters. The third-order valence-electron chi connectivity index (χ3n) is 10.3. The van der Waals surface area contributed by atoms with Crippen molar-refractivity contribution in [3.63, 3.8) is 0 Å². The summed E-state index contributed by atoms with van der Waals surface area (Å²) < 4.78 is 36.9. The number of ether oxygens (including phenoxy) is 6. The van der Waals surface area contributed by atoms with Crippen LogP contribution in [0.3, 0.4) is 0 Å². The number of alkyl halides is 1. The van der Waals surface area contributed by atoms with Gasteiger partial charge in [0.25, 0.3) is 0 Å². The van der Waals surface area contributed by atoms with Gasteiger partial charge in [0.05, 0.1) is 24.0 Å². The van der Waals surface area contributed by atoms with Crippen molar-refractivity contribution in [2.75, 3.05) is 0 Å². The molecule has 4 aliphatic rings. The number of esters is 4. The molecule has 12 heteroatoms. The molecule has 1 saturated carbocycles. The maximum Gasteiger partial charge on any atom is 0.312 e. The minimum atomic E-state index is -2.25. The fraction of sp³-hybridized carbons (Fsp3) is 0.636. The van der Waals surface area contributed by atoms with Crippen molar-refractivity contribution < 1.29 is 52.7 Å². The van der Waals surface area contributed by atoms with E-state index in [2.05, 4.69) is 6.58 Å². The van der Waals surface area contributed by atoms with Gasteiger partial charge in [0.2, 0.25) is 0 Å². The number of aliphatic hydroxyl groups is 1. The van der Waals surface area contributed by atoms with Gasteiger partial charge in [-0.15, -0.1) is 11.6 Å². The first-order valence-corrected chi connectivity index (χ1v) is 15.6. The Morgan fingerprint density at radius 3 is 2.22 bits per heavy atom. The molecule has 3 saturated heterocycles. The number of halogens is 1. The fourth-order valence-electron chi connectivity index (χ4n) is 8.13. The lowest BCUT2D eigenvalue weighted by Crippen LogP contribution is -2.76. The molecule has 5 rings (SSSR count). The monoisotopic (exact) mass is 648 g/mol. The lowest BCUT2D eigenvalue weighted by molar-refractivity contribution is -0.356. The summed E-state index contributed by atoms with van der Waals surface area (Å²) in [5, 5.41) is 11.0. The minimum absolute atomic E-state index is 0.00978. The summed E-state index contributed by atoms with van der Waals surface area (Å²) in [6, 6.07) is 9.53. The Bertz CT molecular complexity index is 1370. The normalized spacial score (nSPS) is 42.3. The number of benzene rings is 1. The average molecular weight is 649 g/mol. The van der Waals surface area contributed by atoms with Crippen molar-refractivity contribution in [2.45, 2.75) is 108 Å². The van der Waals surface area contributed by atoms with E-state index in [1.807, 2.05) is 37.3 Å². The second-order valence-corrected chi connectivity index (χ2v) is 13.5. The number of carbonyl (C=O) groups is 4. The van der Waals surface area contributed by atoms with E-state index >= 15 is 0 Å². The van der Waals surface area contributed by atoms with Crippen LogP contribution < -0.4 is 0 Å². The third kappa shape index (κ3) is 5.45. The van der Waals surface area contributed by atoms with E-state index in [-0.39, 0.29) is 25.0 Å². The van der Waals surface area contributed by atoms with Crippen LogP contribution in [-0.4, -0.2) is 76.3 Å². The van der Waals surface area contributed by atoms with Gasteiger partial charge in [-0.1, -0.05) is 50.8 Å². The fourth-order valence-corrected chi connectivity index (χ4v) is 8.55. The Balaban J connectivity index is 1.75. The van der Waals surface area contributed by atoms with Gasteiger partial charge >= 0.3 is 23.9 Å². The third-order valence-corrected chi connectivity index (χ3v) is 10.8. The Hall–Kier alpha value is -2.99. The average Bonchev–Trinajstić information content (AvgIpc) is 3.21. The predicted molar refractivity (Wildman–Crippen MR) is 158 cm³/mol. The van der Waals surface area contributed by atoms with Crippen LogP contribution >= 0.6 is 11.6 Å². The van der Waals surface area contributed by atoms with Gasteiger partial charge in [-0.25, -0.2) is 0 Å². The van der Waals surface area contributed by atoms with E-state index in [1.165, 1.54) is 20.8 Å². The Morgan fingerprint density at radius 2 is 1.62 bits per heavy atom. The van der Waals surface area contributed by atoms with Crippen molar-refractivity contribution in [3.05, 3.63) is 48.0 Å². The lowest BCUT2D eigenvalue weighted by Gasteiger charge is -2.63. The van der Waals surface area contributed by atoms with Crippen molar-refractivity contribution in [1.29, 1.82) is 0 Å². The first-order chi connectivity index (χ1) is 21.1. The van der Waals surface area contributed by atoms with Gasteiger partial charge in [0.1, 0.15) is 18.3 Å². The number of fused-ring (bicyclic) bond motifs is 2. The molecule has 45 heavy (non-hydrogen) atoms. The molecule has 0 radical (unpaired) electrons. The quantitative estimate of drug-likeness (QED) is 0.209. The van der Waals surface area contributed by atoms with Crippen LogP contribution in [0.2, 0.25) is 0 Å². The van der Waals surface area contributed by atoms with E-state index in [0.717, 1.165) is 5.56 Å². The Labute approximate surface area is 267 Å². The molecule has 1 aromatic rings. The van der Waals surface area contributed by atoms with Gasteiger partial charge in [0, 0.05) is 50.5 Å². The highest BCUT2D eigenvalue weighted by Gasteiger charge is 2.77. The zero-order valence-corrected chi connectivity index (χ0v) is 27.1. The summed E-state index contributed by atoms with van der Waals surface area (Å²) in [6.45, 7) is 13.2. The van der Waals surface area contributed by atoms with E-state index in [0.29, 0.717) is 0 Å². The van der Waals surface area contributed by atoms with Crippen molar-refractivity contribution >= 4 is 35.5 Å². The van der Waals surface area contributed by atoms with Crippen LogP contribution in [0.5, 0.6) is 0 Å². The summed E-state index contributed by atoms with van der Waals surface area (Å²) >= 11 is 6.90. The minimum Gasteiger partial charge on any atom is -0.462 e. The van der Waals surface area contributed by atoms with Crippen LogP contribution in [0.4, 0.5) is 0 Å². The predicted octanol–water partition coefficient (Wildman–Crippen LogP) is 3.62. The van der Waals surface area contributed by atoms with E-state index < -0.39 is 94.3 Å². The molecule has 1 spiro atoms. The second-order valence-electron chi connectivity index (χ2n) is 13.0. The molecule has 2 bridgehead atoms. The summed E-state index contributed by atoms with van der Waals surface area (Å²) in [4.78, 5) is 51.5. The van der Waals surface area contributed by atoms with E-state index in [9.17, 15) is 24.3 Å². The van der Waals surface area contributed by atoms with Crippen LogP contribution in [0, 0.1) is 23.2 Å². The Kier molecular flexibility index (Phi) is 8.89.